The van der Waals surface area contributed by atoms with E-state index in [4.69, 9.17) is 14.2 Å². The van der Waals surface area contributed by atoms with E-state index in [-0.39, 0.29) is 31.1 Å². The Morgan fingerprint density at radius 3 is 0.787 bits per heavy atom. The molecule has 0 aromatic heterocycles. The summed E-state index contributed by atoms with van der Waals surface area (Å²) in [5, 5.41) is 0. The molecule has 0 saturated carbocycles. The summed E-state index contributed by atoms with van der Waals surface area (Å²) in [6.07, 6.45) is 91.5. The second-order valence-electron chi connectivity index (χ2n) is 22.7. The van der Waals surface area contributed by atoms with Crippen LogP contribution in [0.2, 0.25) is 0 Å². The minimum Gasteiger partial charge on any atom is -0.462 e. The van der Waals surface area contributed by atoms with E-state index >= 15 is 0 Å². The maximum atomic E-state index is 12.9. The molecule has 0 fully saturated rings. The summed E-state index contributed by atoms with van der Waals surface area (Å²) in [7, 11) is 0. The molecule has 80 heavy (non-hydrogen) atoms. The molecule has 0 rings (SSSR count). The number of ether oxygens (including phenoxy) is 3. The molecular weight excluding hydrogens is 985 g/mol. The molecule has 460 valence electrons. The largest absolute Gasteiger partial charge is 0.462 e. The smallest absolute Gasteiger partial charge is 0.306 e. The van der Waals surface area contributed by atoms with E-state index in [9.17, 15) is 14.4 Å². The van der Waals surface area contributed by atoms with Crippen LogP contribution in [-0.2, 0) is 28.6 Å². The highest BCUT2D eigenvalue weighted by atomic mass is 16.6. The molecule has 0 radical (unpaired) electrons. The van der Waals surface area contributed by atoms with Crippen molar-refractivity contribution < 1.29 is 28.6 Å². The number of hydrogen-bond donors (Lipinski definition) is 0. The summed E-state index contributed by atoms with van der Waals surface area (Å²) < 4.78 is 16.9. The van der Waals surface area contributed by atoms with Crippen LogP contribution in [0.15, 0.2) is 97.2 Å². The van der Waals surface area contributed by atoms with Crippen LogP contribution in [0, 0.1) is 0 Å². The van der Waals surface area contributed by atoms with Crippen molar-refractivity contribution in [3.63, 3.8) is 0 Å². The normalized spacial score (nSPS) is 12.7. The van der Waals surface area contributed by atoms with Gasteiger partial charge < -0.3 is 14.2 Å². The number of allylic oxidation sites excluding steroid dienone is 16. The van der Waals surface area contributed by atoms with Gasteiger partial charge in [-0.2, -0.15) is 0 Å². The van der Waals surface area contributed by atoms with Crippen LogP contribution in [0.25, 0.3) is 0 Å². The first-order valence-corrected chi connectivity index (χ1v) is 34.2. The van der Waals surface area contributed by atoms with Crippen LogP contribution < -0.4 is 0 Å². The van der Waals surface area contributed by atoms with Crippen LogP contribution in [0.4, 0.5) is 0 Å². The standard InChI is InChI=1S/C74H128O6/c1-4-7-10-13-16-19-22-24-26-28-30-31-32-33-34-35-36-37-38-39-40-41-42-43-45-46-48-50-52-55-58-61-64-67-73(76)79-70-71(69-78-72(75)66-63-60-57-54-21-18-15-12-9-6-3)80-74(77)68-65-62-59-56-53-51-49-47-44-29-27-25-23-20-17-14-11-8-5-2/h7,10,16-17,19-20,24-27,30-31,33-34,44,47,71H,4-6,8-9,11-15,18,21-23,28-29,32,35-43,45-46,48-70H2,1-3H3/b10-7-,19-16-,20-17-,26-24-,27-25-,31-30-,34-33-,47-44-. The lowest BCUT2D eigenvalue weighted by Gasteiger charge is -2.18. The van der Waals surface area contributed by atoms with E-state index in [1.54, 1.807) is 0 Å². The lowest BCUT2D eigenvalue weighted by atomic mass is 10.0. The zero-order valence-electron chi connectivity index (χ0n) is 52.8. The molecule has 6 nitrogen and oxygen atoms in total. The molecule has 0 bridgehead atoms. The van der Waals surface area contributed by atoms with Crippen molar-refractivity contribution >= 4 is 17.9 Å². The lowest BCUT2D eigenvalue weighted by Crippen LogP contribution is -2.30. The second kappa shape index (κ2) is 67.8. The highest BCUT2D eigenvalue weighted by molar-refractivity contribution is 5.71. The van der Waals surface area contributed by atoms with E-state index < -0.39 is 6.10 Å². The van der Waals surface area contributed by atoms with Crippen LogP contribution in [-0.4, -0.2) is 37.2 Å². The van der Waals surface area contributed by atoms with Gasteiger partial charge in [-0.3, -0.25) is 14.4 Å². The molecule has 0 aromatic rings. The van der Waals surface area contributed by atoms with E-state index in [0.717, 1.165) is 116 Å². The van der Waals surface area contributed by atoms with Crippen LogP contribution in [0.1, 0.15) is 335 Å². The predicted octanol–water partition coefficient (Wildman–Crippen LogP) is 23.6. The Morgan fingerprint density at radius 1 is 0.263 bits per heavy atom. The highest BCUT2D eigenvalue weighted by Crippen LogP contribution is 2.17. The Kier molecular flexibility index (Phi) is 64.7. The van der Waals surface area contributed by atoms with Gasteiger partial charge in [-0.1, -0.05) is 311 Å². The predicted molar refractivity (Wildman–Crippen MR) is 348 cm³/mol. The summed E-state index contributed by atoms with van der Waals surface area (Å²) in [6.45, 7) is 6.51. The molecule has 1 atom stereocenters. The number of carbonyl (C=O) groups excluding carboxylic acids is 3. The van der Waals surface area contributed by atoms with Crippen molar-refractivity contribution in [1.29, 1.82) is 0 Å². The average molecular weight is 1110 g/mol. The first kappa shape index (κ1) is 76.3. The molecule has 6 heteroatoms. The molecule has 1 unspecified atom stereocenters. The fourth-order valence-electron chi connectivity index (χ4n) is 9.71. The Bertz CT molecular complexity index is 1560. The van der Waals surface area contributed by atoms with E-state index in [1.807, 2.05) is 0 Å². The van der Waals surface area contributed by atoms with Crippen LogP contribution in [0.3, 0.4) is 0 Å². The summed E-state index contributed by atoms with van der Waals surface area (Å²) in [6, 6.07) is 0. The minimum absolute atomic E-state index is 0.0782. The van der Waals surface area contributed by atoms with Crippen molar-refractivity contribution in [2.24, 2.45) is 0 Å². The summed E-state index contributed by atoms with van der Waals surface area (Å²) >= 11 is 0. The second-order valence-corrected chi connectivity index (χ2v) is 22.7. The SMILES string of the molecule is CC/C=C\C/C=C\C/C=C\C/C=C\C/C=C\CCCCCCCCCCCCCCCCCCCC(=O)OCC(COC(=O)CCCCCCCCCCCC)OC(=O)CCCCCCCC/C=C\C/C=C\C/C=C\CCCCC. The van der Waals surface area contributed by atoms with Gasteiger partial charge in [0.2, 0.25) is 0 Å². The highest BCUT2D eigenvalue weighted by Gasteiger charge is 2.19. The van der Waals surface area contributed by atoms with Gasteiger partial charge in [0.05, 0.1) is 0 Å². The fraction of sp³-hybridized carbons (Fsp3) is 0.743. The third-order valence-electron chi connectivity index (χ3n) is 14.8. The van der Waals surface area contributed by atoms with Crippen molar-refractivity contribution in [2.45, 2.75) is 341 Å². The van der Waals surface area contributed by atoms with Crippen molar-refractivity contribution in [2.75, 3.05) is 13.2 Å². The van der Waals surface area contributed by atoms with Gasteiger partial charge in [0.1, 0.15) is 13.2 Å². The number of hydrogen-bond acceptors (Lipinski definition) is 6. The van der Waals surface area contributed by atoms with Crippen molar-refractivity contribution in [1.82, 2.24) is 0 Å². The zero-order valence-corrected chi connectivity index (χ0v) is 52.8. The molecule has 0 N–H and O–H groups in total. The maximum absolute atomic E-state index is 12.9. The van der Waals surface area contributed by atoms with Gasteiger partial charge in [-0.15, -0.1) is 0 Å². The Labute approximate surface area is 496 Å². The van der Waals surface area contributed by atoms with E-state index in [1.165, 1.54) is 180 Å². The minimum atomic E-state index is -0.782. The van der Waals surface area contributed by atoms with Crippen molar-refractivity contribution in [3.8, 4) is 0 Å². The fourth-order valence-corrected chi connectivity index (χ4v) is 9.71. The van der Waals surface area contributed by atoms with Crippen LogP contribution in [0.5, 0.6) is 0 Å². The summed E-state index contributed by atoms with van der Waals surface area (Å²) in [5.74, 6) is -0.878. The number of unbranched alkanes of at least 4 members (excludes halogenated alkanes) is 35. The van der Waals surface area contributed by atoms with E-state index in [0.29, 0.717) is 19.3 Å². The monoisotopic (exact) mass is 1110 g/mol. The Morgan fingerprint density at radius 2 is 0.487 bits per heavy atom. The van der Waals surface area contributed by atoms with Gasteiger partial charge in [0.15, 0.2) is 6.10 Å². The molecule has 0 spiro atoms. The average Bonchev–Trinajstić information content (AvgIpc) is 3.46. The molecule has 0 aliphatic rings. The molecule has 0 amide bonds. The number of rotatable bonds is 62. The molecule has 0 aliphatic heterocycles. The summed E-state index contributed by atoms with van der Waals surface area (Å²) in [5.41, 5.74) is 0. The molecule has 0 saturated heterocycles. The number of esters is 3. The molecule has 0 heterocycles. The third-order valence-corrected chi connectivity index (χ3v) is 14.8. The lowest BCUT2D eigenvalue weighted by molar-refractivity contribution is -0.167. The first-order valence-electron chi connectivity index (χ1n) is 34.2. The van der Waals surface area contributed by atoms with Gasteiger partial charge in [0.25, 0.3) is 0 Å². The van der Waals surface area contributed by atoms with Gasteiger partial charge >= 0.3 is 17.9 Å². The quantitative estimate of drug-likeness (QED) is 0.0261. The Balaban J connectivity index is 4.14. The van der Waals surface area contributed by atoms with Gasteiger partial charge in [-0.25, -0.2) is 0 Å². The van der Waals surface area contributed by atoms with Crippen LogP contribution >= 0.6 is 0 Å². The molecule has 0 aliphatic carbocycles. The summed E-state index contributed by atoms with van der Waals surface area (Å²) in [4.78, 5) is 38.3. The number of carbonyl (C=O) groups is 3. The molecule has 0 aromatic carbocycles. The first-order chi connectivity index (χ1) is 39.5. The third kappa shape index (κ3) is 65.1. The van der Waals surface area contributed by atoms with Gasteiger partial charge in [0, 0.05) is 19.3 Å². The van der Waals surface area contributed by atoms with E-state index in [2.05, 4.69) is 118 Å². The zero-order chi connectivity index (χ0) is 57.8. The van der Waals surface area contributed by atoms with Crippen molar-refractivity contribution in [3.05, 3.63) is 97.2 Å². The topological polar surface area (TPSA) is 78.9 Å². The maximum Gasteiger partial charge on any atom is 0.306 e. The Hall–Kier alpha value is -3.67. The van der Waals surface area contributed by atoms with Gasteiger partial charge in [-0.05, 0) is 103 Å². The molecular formula is C74H128O6.